The quantitative estimate of drug-likeness (QED) is 0.707. The summed E-state index contributed by atoms with van der Waals surface area (Å²) in [6.45, 7) is 2.68. The minimum atomic E-state index is 0.220. The Morgan fingerprint density at radius 1 is 1.25 bits per heavy atom. The van der Waals surface area contributed by atoms with E-state index in [1.165, 1.54) is 0 Å². The number of carbonyl (C=O) groups excluding carboxylic acids is 1. The molecule has 1 rings (SSSR count). The van der Waals surface area contributed by atoms with Crippen molar-refractivity contribution in [1.82, 2.24) is 4.90 Å². The monoisotopic (exact) mass is 217 g/mol. The lowest BCUT2D eigenvalue weighted by Crippen LogP contribution is -2.16. The van der Waals surface area contributed by atoms with Crippen molar-refractivity contribution in [2.75, 3.05) is 20.6 Å². The normalized spacial score (nSPS) is 11.9. The van der Waals surface area contributed by atoms with Gasteiger partial charge in [-0.2, -0.15) is 0 Å². The summed E-state index contributed by atoms with van der Waals surface area (Å²) < 4.78 is 0. The van der Waals surface area contributed by atoms with Crippen LogP contribution in [0.1, 0.15) is 18.9 Å². The maximum atomic E-state index is 11.8. The van der Waals surface area contributed by atoms with Crippen molar-refractivity contribution in [3.63, 3.8) is 0 Å². The molecule has 0 bridgehead atoms. The van der Waals surface area contributed by atoms with Crippen LogP contribution >= 0.6 is 0 Å². The first-order chi connectivity index (χ1) is 7.59. The zero-order valence-electron chi connectivity index (χ0n) is 10.2. The number of carbonyl (C=O) groups is 1. The molecule has 0 aliphatic rings. The van der Waals surface area contributed by atoms with Gasteiger partial charge in [-0.05, 0) is 38.2 Å². The number of hydrogen-bond donors (Lipinski definition) is 0. The number of hydrogen-bond acceptors (Lipinski definition) is 2. The van der Waals surface area contributed by atoms with Gasteiger partial charge < -0.3 is 4.90 Å². The van der Waals surface area contributed by atoms with Crippen molar-refractivity contribution >= 4 is 11.9 Å². The van der Waals surface area contributed by atoms with Crippen molar-refractivity contribution in [2.24, 2.45) is 0 Å². The van der Waals surface area contributed by atoms with E-state index in [4.69, 9.17) is 0 Å². The first kappa shape index (κ1) is 12.7. The van der Waals surface area contributed by atoms with Crippen LogP contribution in [-0.4, -0.2) is 31.3 Å². The molecular formula is C14H19NO. The van der Waals surface area contributed by atoms with Gasteiger partial charge in [0.25, 0.3) is 0 Å². The van der Waals surface area contributed by atoms with E-state index in [-0.39, 0.29) is 5.78 Å². The van der Waals surface area contributed by atoms with Crippen LogP contribution in [0.15, 0.2) is 35.9 Å². The van der Waals surface area contributed by atoms with Crippen LogP contribution in [0, 0.1) is 0 Å². The summed E-state index contributed by atoms with van der Waals surface area (Å²) in [4.78, 5) is 13.8. The fourth-order valence-corrected chi connectivity index (χ4v) is 1.40. The van der Waals surface area contributed by atoms with E-state index in [0.717, 1.165) is 17.7 Å². The third-order valence-electron chi connectivity index (χ3n) is 2.41. The summed E-state index contributed by atoms with van der Waals surface area (Å²) >= 11 is 0. The van der Waals surface area contributed by atoms with Crippen LogP contribution in [0.5, 0.6) is 0 Å². The molecule has 2 nitrogen and oxygen atoms in total. The molecule has 0 spiro atoms. The summed E-state index contributed by atoms with van der Waals surface area (Å²) in [5, 5.41) is 0. The van der Waals surface area contributed by atoms with E-state index in [1.54, 1.807) is 0 Å². The molecular weight excluding hydrogens is 198 g/mol. The lowest BCUT2D eigenvalue weighted by Gasteiger charge is -2.08. The highest BCUT2D eigenvalue weighted by molar-refractivity contribution is 5.98. The summed E-state index contributed by atoms with van der Waals surface area (Å²) in [5.74, 6) is 0.220. The average molecular weight is 217 g/mol. The van der Waals surface area contributed by atoms with Crippen LogP contribution < -0.4 is 0 Å². The molecule has 0 aromatic heterocycles. The average Bonchev–Trinajstić information content (AvgIpc) is 2.27. The third kappa shape index (κ3) is 4.41. The second kappa shape index (κ2) is 6.23. The van der Waals surface area contributed by atoms with Crippen LogP contribution in [0.25, 0.3) is 6.08 Å². The highest BCUT2D eigenvalue weighted by Gasteiger charge is 2.04. The standard InChI is InChI=1S/C14H19NO/c1-12(14(16)9-10-15(2)3)11-13-7-5-4-6-8-13/h4-8,11H,9-10H2,1-3H3. The first-order valence-corrected chi connectivity index (χ1v) is 5.51. The molecule has 0 fully saturated rings. The highest BCUT2D eigenvalue weighted by atomic mass is 16.1. The van der Waals surface area contributed by atoms with E-state index in [0.29, 0.717) is 6.42 Å². The van der Waals surface area contributed by atoms with Gasteiger partial charge >= 0.3 is 0 Å². The fourth-order valence-electron chi connectivity index (χ4n) is 1.40. The van der Waals surface area contributed by atoms with Gasteiger partial charge in [-0.1, -0.05) is 30.3 Å². The number of rotatable bonds is 5. The van der Waals surface area contributed by atoms with Gasteiger partial charge in [0.1, 0.15) is 0 Å². The van der Waals surface area contributed by atoms with Crippen molar-refractivity contribution < 1.29 is 4.79 Å². The Bertz CT molecular complexity index is 366. The van der Waals surface area contributed by atoms with Crippen LogP contribution in [0.2, 0.25) is 0 Å². The van der Waals surface area contributed by atoms with E-state index < -0.39 is 0 Å². The third-order valence-corrected chi connectivity index (χ3v) is 2.41. The van der Waals surface area contributed by atoms with Crippen molar-refractivity contribution in [1.29, 1.82) is 0 Å². The molecule has 1 aromatic rings. The maximum absolute atomic E-state index is 11.8. The largest absolute Gasteiger partial charge is 0.309 e. The van der Waals surface area contributed by atoms with Gasteiger partial charge in [0, 0.05) is 13.0 Å². The molecule has 0 aliphatic carbocycles. The van der Waals surface area contributed by atoms with Crippen LogP contribution in [-0.2, 0) is 4.79 Å². The first-order valence-electron chi connectivity index (χ1n) is 5.51. The molecule has 0 radical (unpaired) electrons. The highest BCUT2D eigenvalue weighted by Crippen LogP contribution is 2.08. The molecule has 0 aliphatic heterocycles. The van der Waals surface area contributed by atoms with Gasteiger partial charge in [-0.15, -0.1) is 0 Å². The lowest BCUT2D eigenvalue weighted by atomic mass is 10.1. The molecule has 0 amide bonds. The molecule has 0 unspecified atom stereocenters. The number of Topliss-reactive ketones (excluding diaryl/α,β-unsaturated/α-hetero) is 1. The Morgan fingerprint density at radius 2 is 1.88 bits per heavy atom. The Hall–Kier alpha value is -1.41. The molecule has 0 atom stereocenters. The second-order valence-electron chi connectivity index (χ2n) is 4.21. The topological polar surface area (TPSA) is 20.3 Å². The van der Waals surface area contributed by atoms with Gasteiger partial charge in [-0.25, -0.2) is 0 Å². The number of nitrogens with zero attached hydrogens (tertiary/aromatic N) is 1. The lowest BCUT2D eigenvalue weighted by molar-refractivity contribution is -0.115. The summed E-state index contributed by atoms with van der Waals surface area (Å²) in [6.07, 6.45) is 2.53. The van der Waals surface area contributed by atoms with Gasteiger partial charge in [0.05, 0.1) is 0 Å². The molecule has 86 valence electrons. The molecule has 0 saturated carbocycles. The molecule has 0 saturated heterocycles. The smallest absolute Gasteiger partial charge is 0.159 e. The summed E-state index contributed by atoms with van der Waals surface area (Å²) in [5.41, 5.74) is 1.91. The Morgan fingerprint density at radius 3 is 2.44 bits per heavy atom. The number of benzene rings is 1. The fraction of sp³-hybridized carbons (Fsp3) is 0.357. The van der Waals surface area contributed by atoms with Crippen molar-refractivity contribution in [3.8, 4) is 0 Å². The minimum absolute atomic E-state index is 0.220. The van der Waals surface area contributed by atoms with Gasteiger partial charge in [-0.3, -0.25) is 4.79 Å². The molecule has 1 aromatic carbocycles. The van der Waals surface area contributed by atoms with Crippen LogP contribution in [0.3, 0.4) is 0 Å². The molecule has 2 heteroatoms. The van der Waals surface area contributed by atoms with Crippen LogP contribution in [0.4, 0.5) is 0 Å². The van der Waals surface area contributed by atoms with E-state index in [1.807, 2.05) is 62.3 Å². The minimum Gasteiger partial charge on any atom is -0.309 e. The molecule has 0 N–H and O–H groups in total. The predicted octanol–water partition coefficient (Wildman–Crippen LogP) is 2.61. The van der Waals surface area contributed by atoms with E-state index in [2.05, 4.69) is 0 Å². The number of allylic oxidation sites excluding steroid dienone is 1. The zero-order chi connectivity index (χ0) is 12.0. The molecule has 0 heterocycles. The van der Waals surface area contributed by atoms with Gasteiger partial charge in [0.15, 0.2) is 5.78 Å². The molecule has 16 heavy (non-hydrogen) atoms. The van der Waals surface area contributed by atoms with E-state index >= 15 is 0 Å². The van der Waals surface area contributed by atoms with Gasteiger partial charge in [0.2, 0.25) is 0 Å². The van der Waals surface area contributed by atoms with Crippen molar-refractivity contribution in [3.05, 3.63) is 41.5 Å². The second-order valence-corrected chi connectivity index (χ2v) is 4.21. The maximum Gasteiger partial charge on any atom is 0.159 e. The number of ketones is 1. The summed E-state index contributed by atoms with van der Waals surface area (Å²) in [6, 6.07) is 9.93. The van der Waals surface area contributed by atoms with Crippen molar-refractivity contribution in [2.45, 2.75) is 13.3 Å². The Kier molecular flexibility index (Phi) is 4.93. The zero-order valence-corrected chi connectivity index (χ0v) is 10.2. The Labute approximate surface area is 97.6 Å². The SMILES string of the molecule is CC(=Cc1ccccc1)C(=O)CCN(C)C. The Balaban J connectivity index is 2.60. The van der Waals surface area contributed by atoms with E-state index in [9.17, 15) is 4.79 Å². The predicted molar refractivity (Wildman–Crippen MR) is 68.3 cm³/mol. The summed E-state index contributed by atoms with van der Waals surface area (Å²) in [7, 11) is 3.95.